The molecular weight excluding hydrogens is 230 g/mol. The largest absolute Gasteiger partial charge is 0.497 e. The average Bonchev–Trinajstić information content (AvgIpc) is 2.38. The first kappa shape index (κ1) is 14.8. The number of rotatable bonds is 9. The predicted octanol–water partition coefficient (Wildman–Crippen LogP) is 2.09. The molecule has 0 saturated carbocycles. The number of hydrogen-bond donors (Lipinski definition) is 1. The van der Waals surface area contributed by atoms with Gasteiger partial charge >= 0.3 is 0 Å². The molecule has 0 fully saturated rings. The third-order valence-electron chi connectivity index (χ3n) is 2.51. The number of hydrogen-bond acceptors (Lipinski definition) is 4. The summed E-state index contributed by atoms with van der Waals surface area (Å²) in [7, 11) is 3.37. The number of methoxy groups -OCH3 is 2. The monoisotopic (exact) mass is 253 g/mol. The van der Waals surface area contributed by atoms with Gasteiger partial charge in [-0.2, -0.15) is 0 Å². The van der Waals surface area contributed by atoms with Crippen molar-refractivity contribution in [3.8, 4) is 11.5 Å². The second-order valence-electron chi connectivity index (χ2n) is 4.16. The molecule has 0 heterocycles. The van der Waals surface area contributed by atoms with Crippen molar-refractivity contribution < 1.29 is 14.2 Å². The Morgan fingerprint density at radius 2 is 2.00 bits per heavy atom. The summed E-state index contributed by atoms with van der Waals surface area (Å²) in [6.07, 6.45) is 1.14. The highest BCUT2D eigenvalue weighted by Gasteiger charge is 2.04. The van der Waals surface area contributed by atoms with Gasteiger partial charge in [-0.1, -0.05) is 6.07 Å². The summed E-state index contributed by atoms with van der Waals surface area (Å²) in [5, 5.41) is 3.33. The van der Waals surface area contributed by atoms with E-state index in [1.54, 1.807) is 14.2 Å². The molecule has 1 aromatic carbocycles. The van der Waals surface area contributed by atoms with E-state index in [0.717, 1.165) is 37.6 Å². The molecule has 0 radical (unpaired) electrons. The van der Waals surface area contributed by atoms with Crippen LogP contribution in [0.25, 0.3) is 0 Å². The van der Waals surface area contributed by atoms with E-state index < -0.39 is 0 Å². The van der Waals surface area contributed by atoms with Gasteiger partial charge in [0.2, 0.25) is 0 Å². The van der Waals surface area contributed by atoms with Crippen molar-refractivity contribution in [1.82, 2.24) is 5.32 Å². The molecule has 18 heavy (non-hydrogen) atoms. The minimum Gasteiger partial charge on any atom is -0.497 e. The summed E-state index contributed by atoms with van der Waals surface area (Å²) in [5.74, 6) is 1.65. The summed E-state index contributed by atoms with van der Waals surface area (Å²) in [6, 6.07) is 7.65. The topological polar surface area (TPSA) is 39.7 Å². The Morgan fingerprint density at radius 3 is 2.72 bits per heavy atom. The summed E-state index contributed by atoms with van der Waals surface area (Å²) >= 11 is 0. The Morgan fingerprint density at radius 1 is 1.22 bits per heavy atom. The van der Waals surface area contributed by atoms with Gasteiger partial charge in [0, 0.05) is 26.3 Å². The summed E-state index contributed by atoms with van der Waals surface area (Å²) < 4.78 is 15.9. The van der Waals surface area contributed by atoms with E-state index in [1.165, 1.54) is 0 Å². The zero-order valence-electron chi connectivity index (χ0n) is 11.4. The second-order valence-corrected chi connectivity index (χ2v) is 4.16. The summed E-state index contributed by atoms with van der Waals surface area (Å²) in [5.41, 5.74) is 0. The van der Waals surface area contributed by atoms with Crippen molar-refractivity contribution in [2.75, 3.05) is 33.9 Å². The highest BCUT2D eigenvalue weighted by Crippen LogP contribution is 2.19. The molecule has 0 aliphatic rings. The maximum Gasteiger partial charge on any atom is 0.123 e. The Hall–Kier alpha value is -1.26. The summed E-state index contributed by atoms with van der Waals surface area (Å²) in [6.45, 7) is 4.60. The van der Waals surface area contributed by atoms with Gasteiger partial charge in [-0.25, -0.2) is 0 Å². The fraction of sp³-hybridized carbons (Fsp3) is 0.571. The highest BCUT2D eigenvalue weighted by molar-refractivity contribution is 5.32. The first-order chi connectivity index (χ1) is 8.76. The maximum atomic E-state index is 5.79. The van der Waals surface area contributed by atoms with Gasteiger partial charge in [-0.15, -0.1) is 0 Å². The molecule has 0 bridgehead atoms. The molecule has 1 aromatic rings. The van der Waals surface area contributed by atoms with E-state index >= 15 is 0 Å². The Balaban J connectivity index is 2.24. The molecule has 1 atom stereocenters. The minimum atomic E-state index is 0.125. The standard InChI is InChI=1S/C14H23NO3/c1-12(11-15-8-5-9-16-2)18-14-7-4-6-13(10-14)17-3/h4,6-7,10,12,15H,5,8-9,11H2,1-3H3. The quantitative estimate of drug-likeness (QED) is 0.684. The molecule has 0 aliphatic heterocycles. The minimum absolute atomic E-state index is 0.125. The molecule has 0 spiro atoms. The van der Waals surface area contributed by atoms with Crippen LogP contribution in [-0.4, -0.2) is 40.0 Å². The first-order valence-electron chi connectivity index (χ1n) is 6.26. The molecule has 102 valence electrons. The second kappa shape index (κ2) is 8.78. The van der Waals surface area contributed by atoms with Crippen LogP contribution < -0.4 is 14.8 Å². The SMILES string of the molecule is COCCCNCC(C)Oc1cccc(OC)c1. The predicted molar refractivity (Wildman–Crippen MR) is 72.4 cm³/mol. The number of nitrogens with one attached hydrogen (secondary N) is 1. The number of benzene rings is 1. The summed E-state index contributed by atoms with van der Waals surface area (Å²) in [4.78, 5) is 0. The van der Waals surface area contributed by atoms with Crippen LogP contribution in [-0.2, 0) is 4.74 Å². The third kappa shape index (κ3) is 5.89. The van der Waals surface area contributed by atoms with Gasteiger partial charge in [0.15, 0.2) is 0 Å². The van der Waals surface area contributed by atoms with Gasteiger partial charge < -0.3 is 19.5 Å². The zero-order valence-corrected chi connectivity index (χ0v) is 11.4. The molecule has 4 nitrogen and oxygen atoms in total. The van der Waals surface area contributed by atoms with Crippen molar-refractivity contribution in [2.45, 2.75) is 19.4 Å². The Kier molecular flexibility index (Phi) is 7.22. The lowest BCUT2D eigenvalue weighted by Gasteiger charge is -2.16. The van der Waals surface area contributed by atoms with Crippen LogP contribution in [0.3, 0.4) is 0 Å². The van der Waals surface area contributed by atoms with E-state index in [4.69, 9.17) is 14.2 Å². The lowest BCUT2D eigenvalue weighted by molar-refractivity contribution is 0.188. The van der Waals surface area contributed by atoms with E-state index in [0.29, 0.717) is 0 Å². The fourth-order valence-corrected chi connectivity index (χ4v) is 1.60. The first-order valence-corrected chi connectivity index (χ1v) is 6.26. The number of ether oxygens (including phenoxy) is 3. The smallest absolute Gasteiger partial charge is 0.123 e. The lowest BCUT2D eigenvalue weighted by atomic mass is 10.3. The van der Waals surface area contributed by atoms with Gasteiger partial charge in [0.05, 0.1) is 7.11 Å². The van der Waals surface area contributed by atoms with Crippen LogP contribution in [0.15, 0.2) is 24.3 Å². The zero-order chi connectivity index (χ0) is 13.2. The van der Waals surface area contributed by atoms with Gasteiger partial charge in [0.25, 0.3) is 0 Å². The van der Waals surface area contributed by atoms with Crippen LogP contribution in [0.4, 0.5) is 0 Å². The lowest BCUT2D eigenvalue weighted by Crippen LogP contribution is -2.30. The highest BCUT2D eigenvalue weighted by atomic mass is 16.5. The van der Waals surface area contributed by atoms with Crippen molar-refractivity contribution in [3.05, 3.63) is 24.3 Å². The Bertz CT molecular complexity index is 331. The molecule has 0 aromatic heterocycles. The molecule has 0 aliphatic carbocycles. The molecular formula is C14H23NO3. The van der Waals surface area contributed by atoms with Gasteiger partial charge in [0.1, 0.15) is 17.6 Å². The maximum absolute atomic E-state index is 5.79. The van der Waals surface area contributed by atoms with Crippen LogP contribution >= 0.6 is 0 Å². The van der Waals surface area contributed by atoms with Gasteiger partial charge in [-0.05, 0) is 32.0 Å². The van der Waals surface area contributed by atoms with E-state index in [1.807, 2.05) is 31.2 Å². The molecule has 4 heteroatoms. The molecule has 1 unspecified atom stereocenters. The third-order valence-corrected chi connectivity index (χ3v) is 2.51. The van der Waals surface area contributed by atoms with Crippen LogP contribution in [0.1, 0.15) is 13.3 Å². The van der Waals surface area contributed by atoms with Crippen LogP contribution in [0, 0.1) is 0 Å². The van der Waals surface area contributed by atoms with E-state index in [9.17, 15) is 0 Å². The van der Waals surface area contributed by atoms with E-state index in [2.05, 4.69) is 5.32 Å². The molecule has 0 amide bonds. The molecule has 1 rings (SSSR count). The fourth-order valence-electron chi connectivity index (χ4n) is 1.60. The molecule has 0 saturated heterocycles. The van der Waals surface area contributed by atoms with Crippen LogP contribution in [0.2, 0.25) is 0 Å². The average molecular weight is 253 g/mol. The van der Waals surface area contributed by atoms with E-state index in [-0.39, 0.29) is 6.10 Å². The van der Waals surface area contributed by atoms with Crippen molar-refractivity contribution in [3.63, 3.8) is 0 Å². The van der Waals surface area contributed by atoms with Crippen molar-refractivity contribution >= 4 is 0 Å². The van der Waals surface area contributed by atoms with Crippen molar-refractivity contribution in [2.24, 2.45) is 0 Å². The molecule has 1 N–H and O–H groups in total. The van der Waals surface area contributed by atoms with Gasteiger partial charge in [-0.3, -0.25) is 0 Å². The van der Waals surface area contributed by atoms with Crippen LogP contribution in [0.5, 0.6) is 11.5 Å². The van der Waals surface area contributed by atoms with Crippen molar-refractivity contribution in [1.29, 1.82) is 0 Å². The Labute approximate surface area is 109 Å². The normalized spacial score (nSPS) is 12.2.